The summed E-state index contributed by atoms with van der Waals surface area (Å²) in [5.74, 6) is 0.501. The second-order valence-corrected chi connectivity index (χ2v) is 7.52. The number of fused-ring (bicyclic) bond motifs is 1. The Hall–Kier alpha value is -2.99. The van der Waals surface area contributed by atoms with Crippen LogP contribution in [0.15, 0.2) is 48.5 Å². The fraction of sp³-hybridized carbons (Fsp3) is 0.348. The number of benzene rings is 2. The number of carbonyl (C=O) groups excluding carboxylic acids is 3. The lowest BCUT2D eigenvalue weighted by Gasteiger charge is -2.32. The molecule has 2 amide bonds. The molecule has 0 aromatic heterocycles. The summed E-state index contributed by atoms with van der Waals surface area (Å²) in [5.41, 5.74) is 1.69. The maximum absolute atomic E-state index is 12.7. The van der Waals surface area contributed by atoms with Crippen LogP contribution in [0.4, 0.5) is 0 Å². The Morgan fingerprint density at radius 3 is 2.07 bits per heavy atom. The van der Waals surface area contributed by atoms with Crippen LogP contribution >= 0.6 is 0 Å². The molecule has 0 atom stereocenters. The van der Waals surface area contributed by atoms with E-state index in [1.54, 1.807) is 31.4 Å². The van der Waals surface area contributed by atoms with E-state index in [1.807, 2.05) is 24.3 Å². The van der Waals surface area contributed by atoms with E-state index in [9.17, 15) is 14.4 Å². The fourth-order valence-corrected chi connectivity index (χ4v) is 4.09. The van der Waals surface area contributed by atoms with E-state index >= 15 is 0 Å². The van der Waals surface area contributed by atoms with Gasteiger partial charge in [0.25, 0.3) is 11.8 Å². The van der Waals surface area contributed by atoms with Crippen molar-refractivity contribution in [1.29, 1.82) is 0 Å². The summed E-state index contributed by atoms with van der Waals surface area (Å²) in [6, 6.07) is 14.2. The number of imide groups is 1. The molecule has 6 heteroatoms. The van der Waals surface area contributed by atoms with Gasteiger partial charge in [0.05, 0.1) is 18.2 Å². The third-order valence-corrected chi connectivity index (χ3v) is 5.85. The van der Waals surface area contributed by atoms with Crippen LogP contribution in [-0.2, 0) is 0 Å². The topological polar surface area (TPSA) is 66.9 Å². The summed E-state index contributed by atoms with van der Waals surface area (Å²) in [5, 5.41) is 0. The number of amides is 2. The molecule has 29 heavy (non-hydrogen) atoms. The molecule has 1 fully saturated rings. The normalized spacial score (nSPS) is 17.5. The van der Waals surface area contributed by atoms with E-state index in [1.165, 1.54) is 4.90 Å². The molecule has 0 aliphatic carbocycles. The van der Waals surface area contributed by atoms with E-state index in [0.29, 0.717) is 24.2 Å². The van der Waals surface area contributed by atoms with Gasteiger partial charge in [-0.2, -0.15) is 0 Å². The second kappa shape index (κ2) is 8.17. The molecule has 0 spiro atoms. The zero-order valence-corrected chi connectivity index (χ0v) is 16.5. The Kier molecular flexibility index (Phi) is 5.45. The third kappa shape index (κ3) is 3.80. The highest BCUT2D eigenvalue weighted by Crippen LogP contribution is 2.25. The molecule has 150 valence electrons. The smallest absolute Gasteiger partial charge is 0.261 e. The maximum Gasteiger partial charge on any atom is 0.261 e. The quantitative estimate of drug-likeness (QED) is 0.559. The number of nitrogens with zero attached hydrogens (tertiary/aromatic N) is 2. The number of piperidine rings is 1. The van der Waals surface area contributed by atoms with Gasteiger partial charge in [0.15, 0.2) is 5.78 Å². The van der Waals surface area contributed by atoms with Crippen molar-refractivity contribution < 1.29 is 19.1 Å². The van der Waals surface area contributed by atoms with E-state index in [-0.39, 0.29) is 23.5 Å². The molecule has 4 rings (SSSR count). The molecule has 0 N–H and O–H groups in total. The first-order chi connectivity index (χ1) is 14.1. The third-order valence-electron chi connectivity index (χ3n) is 5.85. The predicted molar refractivity (Wildman–Crippen MR) is 108 cm³/mol. The van der Waals surface area contributed by atoms with Crippen LogP contribution in [0.3, 0.4) is 0 Å². The predicted octanol–water partition coefficient (Wildman–Crippen LogP) is 2.89. The zero-order chi connectivity index (χ0) is 20.4. The van der Waals surface area contributed by atoms with E-state index in [2.05, 4.69) is 4.90 Å². The van der Waals surface area contributed by atoms with Gasteiger partial charge in [0.1, 0.15) is 5.75 Å². The Morgan fingerprint density at radius 1 is 0.931 bits per heavy atom. The van der Waals surface area contributed by atoms with Crippen molar-refractivity contribution in [2.24, 2.45) is 5.92 Å². The van der Waals surface area contributed by atoms with Gasteiger partial charge < -0.3 is 9.64 Å². The van der Waals surface area contributed by atoms with Crippen molar-refractivity contribution >= 4 is 17.6 Å². The Bertz CT molecular complexity index is 895. The van der Waals surface area contributed by atoms with Gasteiger partial charge in [0.2, 0.25) is 0 Å². The van der Waals surface area contributed by atoms with Gasteiger partial charge in [-0.15, -0.1) is 0 Å². The summed E-state index contributed by atoms with van der Waals surface area (Å²) >= 11 is 0. The summed E-state index contributed by atoms with van der Waals surface area (Å²) in [7, 11) is 1.61. The van der Waals surface area contributed by atoms with Crippen LogP contribution in [0, 0.1) is 5.92 Å². The number of ketones is 1. The number of Topliss-reactive ketones (excluding diaryl/α,β-unsaturated/α-hetero) is 1. The maximum atomic E-state index is 12.7. The molecule has 0 radical (unpaired) electrons. The lowest BCUT2D eigenvalue weighted by atomic mass is 9.89. The van der Waals surface area contributed by atoms with Gasteiger partial charge in [-0.25, -0.2) is 0 Å². The van der Waals surface area contributed by atoms with Crippen molar-refractivity contribution in [3.63, 3.8) is 0 Å². The minimum Gasteiger partial charge on any atom is -0.497 e. The van der Waals surface area contributed by atoms with Crippen LogP contribution in [0.2, 0.25) is 0 Å². The molecule has 0 unspecified atom stereocenters. The summed E-state index contributed by atoms with van der Waals surface area (Å²) in [6.07, 6.45) is 1.57. The Morgan fingerprint density at radius 2 is 1.52 bits per heavy atom. The highest BCUT2D eigenvalue weighted by molar-refractivity contribution is 6.21. The van der Waals surface area contributed by atoms with Gasteiger partial charge in [-0.3, -0.25) is 19.3 Å². The van der Waals surface area contributed by atoms with Gasteiger partial charge in [0, 0.05) is 24.6 Å². The number of hydrogen-bond donors (Lipinski definition) is 0. The number of likely N-dealkylation sites (tertiary alicyclic amines) is 1. The molecule has 2 aliphatic rings. The summed E-state index contributed by atoms with van der Waals surface area (Å²) < 4.78 is 5.14. The molecular formula is C23H24N2O4. The lowest BCUT2D eigenvalue weighted by Crippen LogP contribution is -2.42. The van der Waals surface area contributed by atoms with Crippen molar-refractivity contribution in [1.82, 2.24) is 9.80 Å². The summed E-state index contributed by atoms with van der Waals surface area (Å²) in [4.78, 5) is 41.2. The Balaban J connectivity index is 1.29. The average Bonchev–Trinajstić information content (AvgIpc) is 3.02. The van der Waals surface area contributed by atoms with Crippen molar-refractivity contribution in [2.45, 2.75) is 12.8 Å². The van der Waals surface area contributed by atoms with Crippen LogP contribution in [0.5, 0.6) is 5.75 Å². The highest BCUT2D eigenvalue weighted by atomic mass is 16.5. The minimum absolute atomic E-state index is 0.0129. The molecule has 2 aromatic rings. The second-order valence-electron chi connectivity index (χ2n) is 7.52. The molecular weight excluding hydrogens is 368 g/mol. The minimum atomic E-state index is -0.213. The van der Waals surface area contributed by atoms with Crippen LogP contribution in [0.25, 0.3) is 0 Å². The molecule has 2 aromatic carbocycles. The van der Waals surface area contributed by atoms with Crippen molar-refractivity contribution in [2.75, 3.05) is 33.3 Å². The summed E-state index contributed by atoms with van der Waals surface area (Å²) in [6.45, 7) is 2.59. The standard InChI is InChI=1S/C23H24N2O4/c1-29-18-8-6-16(7-9-18)21(26)17-10-12-24(13-11-17)14-15-25-22(27)19-4-2-3-5-20(19)23(25)28/h2-9,17H,10-15H2,1H3. The molecule has 0 bridgehead atoms. The largest absolute Gasteiger partial charge is 0.497 e. The average molecular weight is 392 g/mol. The van der Waals surface area contributed by atoms with Gasteiger partial charge in [-0.05, 0) is 62.3 Å². The monoisotopic (exact) mass is 392 g/mol. The highest BCUT2D eigenvalue weighted by Gasteiger charge is 2.35. The van der Waals surface area contributed by atoms with Gasteiger partial charge in [-0.1, -0.05) is 12.1 Å². The van der Waals surface area contributed by atoms with Crippen molar-refractivity contribution in [3.8, 4) is 5.75 Å². The number of ether oxygens (including phenoxy) is 1. The zero-order valence-electron chi connectivity index (χ0n) is 16.5. The first-order valence-electron chi connectivity index (χ1n) is 9.94. The molecule has 1 saturated heterocycles. The van der Waals surface area contributed by atoms with Crippen LogP contribution in [-0.4, -0.2) is 60.7 Å². The van der Waals surface area contributed by atoms with Crippen LogP contribution in [0.1, 0.15) is 43.9 Å². The molecule has 2 heterocycles. The number of hydrogen-bond acceptors (Lipinski definition) is 5. The van der Waals surface area contributed by atoms with Crippen LogP contribution < -0.4 is 4.74 Å². The van der Waals surface area contributed by atoms with Gasteiger partial charge >= 0.3 is 0 Å². The number of rotatable bonds is 6. The van der Waals surface area contributed by atoms with E-state index < -0.39 is 0 Å². The van der Waals surface area contributed by atoms with E-state index in [4.69, 9.17) is 4.74 Å². The lowest BCUT2D eigenvalue weighted by molar-refractivity contribution is 0.0624. The molecule has 6 nitrogen and oxygen atoms in total. The first kappa shape index (κ1) is 19.3. The Labute approximate surface area is 170 Å². The SMILES string of the molecule is COc1ccc(C(=O)C2CCN(CCN3C(=O)c4ccccc4C3=O)CC2)cc1. The fourth-order valence-electron chi connectivity index (χ4n) is 4.09. The number of methoxy groups -OCH3 is 1. The molecule has 2 aliphatic heterocycles. The number of carbonyl (C=O) groups is 3. The van der Waals surface area contributed by atoms with Crippen molar-refractivity contribution in [3.05, 3.63) is 65.2 Å². The molecule has 0 saturated carbocycles. The van der Waals surface area contributed by atoms with E-state index in [0.717, 1.165) is 37.2 Å². The first-order valence-corrected chi connectivity index (χ1v) is 9.94.